The van der Waals surface area contributed by atoms with Gasteiger partial charge in [0.05, 0.1) is 6.33 Å². The summed E-state index contributed by atoms with van der Waals surface area (Å²) in [7, 11) is 0. The van der Waals surface area contributed by atoms with Gasteiger partial charge in [-0.1, -0.05) is 0 Å². The van der Waals surface area contributed by atoms with Gasteiger partial charge in [0.2, 0.25) is 11.9 Å². The second-order valence-corrected chi connectivity index (χ2v) is 5.77. The summed E-state index contributed by atoms with van der Waals surface area (Å²) in [5.41, 5.74) is 8.23. The number of fused-ring (bicyclic) bond motifs is 2. The third-order valence-corrected chi connectivity index (χ3v) is 4.24. The van der Waals surface area contributed by atoms with Crippen LogP contribution in [0, 0.1) is 0 Å². The van der Waals surface area contributed by atoms with Crippen LogP contribution in [-0.4, -0.2) is 40.0 Å². The maximum absolute atomic E-state index is 12.8. The second-order valence-electron chi connectivity index (χ2n) is 5.77. The molecule has 0 bridgehead atoms. The smallest absolute Gasteiger partial charge is 0.249 e. The zero-order valence-corrected chi connectivity index (χ0v) is 14.3. The van der Waals surface area contributed by atoms with Gasteiger partial charge in [0.15, 0.2) is 17.1 Å². The Kier molecular flexibility index (Phi) is 3.72. The minimum absolute atomic E-state index is 0.244. The number of nitrogens with zero attached hydrogens (tertiary/aromatic N) is 7. The highest BCUT2D eigenvalue weighted by molar-refractivity contribution is 5.94. The monoisotopic (exact) mass is 351 g/mol. The topological polar surface area (TPSA) is 129 Å². The van der Waals surface area contributed by atoms with Gasteiger partial charge in [-0.3, -0.25) is 14.7 Å². The van der Waals surface area contributed by atoms with Gasteiger partial charge in [-0.05, 0) is 26.0 Å². The molecule has 4 aromatic heterocycles. The molecule has 0 radical (unpaired) electrons. The van der Waals surface area contributed by atoms with Crippen molar-refractivity contribution in [3.63, 3.8) is 0 Å². The van der Waals surface area contributed by atoms with E-state index >= 15 is 0 Å². The van der Waals surface area contributed by atoms with Crippen LogP contribution in [0.5, 0.6) is 0 Å². The Morgan fingerprint density at radius 3 is 2.92 bits per heavy atom. The van der Waals surface area contributed by atoms with Crippen molar-refractivity contribution in [2.75, 3.05) is 11.1 Å². The molecular weight excluding hydrogens is 334 g/mol. The van der Waals surface area contributed by atoms with Gasteiger partial charge in [0.25, 0.3) is 0 Å². The van der Waals surface area contributed by atoms with E-state index in [1.165, 1.54) is 12.7 Å². The van der Waals surface area contributed by atoms with E-state index in [1.807, 2.05) is 23.6 Å². The van der Waals surface area contributed by atoms with Crippen LogP contribution < -0.4 is 11.1 Å². The molecule has 26 heavy (non-hydrogen) atoms. The van der Waals surface area contributed by atoms with Crippen molar-refractivity contribution in [3.8, 4) is 0 Å². The number of hydrogen-bond donors (Lipinski definition) is 2. The summed E-state index contributed by atoms with van der Waals surface area (Å²) in [6.07, 6.45) is 4.58. The average molecular weight is 351 g/mol. The first-order valence-corrected chi connectivity index (χ1v) is 8.15. The fraction of sp³-hybridized carbons (Fsp3) is 0.250. The molecule has 1 amide bonds. The van der Waals surface area contributed by atoms with Gasteiger partial charge in [-0.2, -0.15) is 0 Å². The minimum atomic E-state index is -0.563. The Morgan fingerprint density at radius 2 is 2.12 bits per heavy atom. The highest BCUT2D eigenvalue weighted by atomic mass is 16.2. The maximum atomic E-state index is 12.8. The quantitative estimate of drug-likeness (QED) is 0.568. The van der Waals surface area contributed by atoms with Crippen LogP contribution in [0.1, 0.15) is 19.9 Å². The van der Waals surface area contributed by atoms with Crippen molar-refractivity contribution in [1.29, 1.82) is 0 Å². The molecule has 0 spiro atoms. The number of aromatic nitrogens is 7. The van der Waals surface area contributed by atoms with E-state index in [4.69, 9.17) is 5.73 Å². The van der Waals surface area contributed by atoms with Crippen molar-refractivity contribution >= 4 is 40.0 Å². The summed E-state index contributed by atoms with van der Waals surface area (Å²) < 4.78 is 3.51. The molecule has 10 nitrogen and oxygen atoms in total. The molecule has 0 aliphatic rings. The van der Waals surface area contributed by atoms with Crippen LogP contribution in [-0.2, 0) is 11.3 Å². The van der Waals surface area contributed by atoms with E-state index in [2.05, 4.69) is 30.2 Å². The first kappa shape index (κ1) is 15.9. The summed E-state index contributed by atoms with van der Waals surface area (Å²) >= 11 is 0. The first-order chi connectivity index (χ1) is 12.6. The summed E-state index contributed by atoms with van der Waals surface area (Å²) in [5, 5.41) is 2.87. The predicted molar refractivity (Wildman–Crippen MR) is 96.3 cm³/mol. The molecule has 0 aliphatic carbocycles. The minimum Gasteiger partial charge on any atom is -0.382 e. The van der Waals surface area contributed by atoms with Crippen LogP contribution in [0.2, 0.25) is 0 Å². The molecule has 1 atom stereocenters. The Hall–Kier alpha value is -3.56. The van der Waals surface area contributed by atoms with Crippen molar-refractivity contribution in [2.24, 2.45) is 0 Å². The van der Waals surface area contributed by atoms with Crippen LogP contribution in [0.4, 0.5) is 11.8 Å². The van der Waals surface area contributed by atoms with Crippen molar-refractivity contribution in [2.45, 2.75) is 26.4 Å². The van der Waals surface area contributed by atoms with Crippen molar-refractivity contribution in [3.05, 3.63) is 31.0 Å². The molecule has 0 fully saturated rings. The largest absolute Gasteiger partial charge is 0.382 e. The Morgan fingerprint density at radius 1 is 1.27 bits per heavy atom. The lowest BCUT2D eigenvalue weighted by molar-refractivity contribution is -0.118. The van der Waals surface area contributed by atoms with Gasteiger partial charge in [-0.15, -0.1) is 0 Å². The highest BCUT2D eigenvalue weighted by Gasteiger charge is 2.21. The molecule has 4 aromatic rings. The van der Waals surface area contributed by atoms with E-state index in [-0.39, 0.29) is 11.7 Å². The summed E-state index contributed by atoms with van der Waals surface area (Å²) in [5.74, 6) is 0.489. The third kappa shape index (κ3) is 2.42. The number of hydrogen-bond acceptors (Lipinski definition) is 7. The second kappa shape index (κ2) is 6.06. The lowest BCUT2D eigenvalue weighted by atomic mass is 10.3. The fourth-order valence-corrected chi connectivity index (χ4v) is 2.85. The van der Waals surface area contributed by atoms with Gasteiger partial charge in [0, 0.05) is 12.7 Å². The molecule has 1 unspecified atom stereocenters. The molecule has 4 rings (SSSR count). The van der Waals surface area contributed by atoms with E-state index < -0.39 is 6.04 Å². The number of nitrogens with one attached hydrogen (secondary N) is 1. The van der Waals surface area contributed by atoms with Gasteiger partial charge in [0.1, 0.15) is 23.4 Å². The number of amides is 1. The molecule has 10 heteroatoms. The zero-order chi connectivity index (χ0) is 18.3. The lowest BCUT2D eigenvalue weighted by Gasteiger charge is -2.14. The molecule has 4 heterocycles. The first-order valence-electron chi connectivity index (χ1n) is 8.15. The molecule has 0 aromatic carbocycles. The number of rotatable bonds is 4. The third-order valence-electron chi connectivity index (χ3n) is 4.24. The highest BCUT2D eigenvalue weighted by Crippen LogP contribution is 2.21. The van der Waals surface area contributed by atoms with E-state index in [9.17, 15) is 4.79 Å². The number of nitrogen functional groups attached to an aromatic ring is 1. The Labute approximate surface area is 148 Å². The van der Waals surface area contributed by atoms with Gasteiger partial charge < -0.3 is 10.3 Å². The SMILES string of the molecule is CCn1c(NC(=O)C(C)n2cnc3c(N)ncnc32)nc2cccnc21. The number of carbonyl (C=O) groups excluding carboxylic acids is 1. The van der Waals surface area contributed by atoms with E-state index in [0.29, 0.717) is 23.7 Å². The predicted octanol–water partition coefficient (Wildman–Crippen LogP) is 1.37. The van der Waals surface area contributed by atoms with Crippen LogP contribution in [0.25, 0.3) is 22.3 Å². The average Bonchev–Trinajstić information content (AvgIpc) is 3.22. The van der Waals surface area contributed by atoms with Crippen molar-refractivity contribution < 1.29 is 4.79 Å². The normalized spacial score (nSPS) is 12.5. The molecule has 0 saturated carbocycles. The number of anilines is 2. The number of aryl methyl sites for hydroxylation is 1. The number of pyridine rings is 1. The molecular formula is C16H17N9O. The van der Waals surface area contributed by atoms with Crippen LogP contribution >= 0.6 is 0 Å². The maximum Gasteiger partial charge on any atom is 0.249 e. The number of imidazole rings is 2. The van der Waals surface area contributed by atoms with E-state index in [1.54, 1.807) is 17.7 Å². The molecule has 0 aliphatic heterocycles. The summed E-state index contributed by atoms with van der Waals surface area (Å²) in [6.45, 7) is 4.36. The molecule has 132 valence electrons. The Balaban J connectivity index is 1.67. The summed E-state index contributed by atoms with van der Waals surface area (Å²) in [6, 6.07) is 3.11. The fourth-order valence-electron chi connectivity index (χ4n) is 2.85. The molecule has 0 saturated heterocycles. The Bertz CT molecular complexity index is 1110. The van der Waals surface area contributed by atoms with Gasteiger partial charge >= 0.3 is 0 Å². The van der Waals surface area contributed by atoms with E-state index in [0.717, 1.165) is 11.2 Å². The van der Waals surface area contributed by atoms with Crippen LogP contribution in [0.15, 0.2) is 31.0 Å². The standard InChI is InChI=1S/C16H17N9O/c1-3-24-13-10(5-4-6-18-13)22-16(24)23-15(26)9(2)25-8-21-11-12(17)19-7-20-14(11)25/h4-9H,3H2,1-2H3,(H2,17,19,20)(H,22,23,26). The van der Waals surface area contributed by atoms with Crippen LogP contribution in [0.3, 0.4) is 0 Å². The lowest BCUT2D eigenvalue weighted by Crippen LogP contribution is -2.25. The number of nitrogens with two attached hydrogens (primary N) is 1. The summed E-state index contributed by atoms with van der Waals surface area (Å²) in [4.78, 5) is 33.9. The van der Waals surface area contributed by atoms with Crippen molar-refractivity contribution in [1.82, 2.24) is 34.1 Å². The zero-order valence-electron chi connectivity index (χ0n) is 14.3. The van der Waals surface area contributed by atoms with Gasteiger partial charge in [-0.25, -0.2) is 24.9 Å². The molecule has 3 N–H and O–H groups in total. The number of carbonyl (C=O) groups is 1.